The van der Waals surface area contributed by atoms with Gasteiger partial charge in [-0.1, -0.05) is 19.9 Å². The van der Waals surface area contributed by atoms with Crippen LogP contribution in [0.3, 0.4) is 0 Å². The third-order valence-corrected chi connectivity index (χ3v) is 3.35. The molecule has 1 fully saturated rings. The Labute approximate surface area is 108 Å². The zero-order chi connectivity index (χ0) is 13.1. The van der Waals surface area contributed by atoms with E-state index in [2.05, 4.69) is 4.98 Å². The van der Waals surface area contributed by atoms with Crippen molar-refractivity contribution < 1.29 is 4.79 Å². The van der Waals surface area contributed by atoms with E-state index in [4.69, 9.17) is 5.73 Å². The predicted molar refractivity (Wildman–Crippen MR) is 70.6 cm³/mol. The number of aromatic nitrogens is 1. The van der Waals surface area contributed by atoms with Gasteiger partial charge < -0.3 is 10.6 Å². The number of nitrogens with two attached hydrogens (primary N) is 1. The van der Waals surface area contributed by atoms with Crippen molar-refractivity contribution in [2.24, 2.45) is 11.7 Å². The molecule has 1 aromatic heterocycles. The lowest BCUT2D eigenvalue weighted by atomic mass is 10.0. The van der Waals surface area contributed by atoms with Crippen LogP contribution in [0, 0.1) is 5.92 Å². The maximum Gasteiger partial charge on any atom is 0.240 e. The molecule has 2 N–H and O–H groups in total. The fourth-order valence-corrected chi connectivity index (χ4v) is 1.94. The summed E-state index contributed by atoms with van der Waals surface area (Å²) in [7, 11) is 0. The first-order valence-electron chi connectivity index (χ1n) is 6.54. The first-order chi connectivity index (χ1) is 8.59. The van der Waals surface area contributed by atoms with E-state index >= 15 is 0 Å². The van der Waals surface area contributed by atoms with Gasteiger partial charge in [-0.05, 0) is 30.4 Å². The molecule has 1 aromatic rings. The molecule has 1 heterocycles. The van der Waals surface area contributed by atoms with Gasteiger partial charge >= 0.3 is 0 Å². The minimum Gasteiger partial charge on any atom is -0.334 e. The molecule has 4 nitrogen and oxygen atoms in total. The van der Waals surface area contributed by atoms with Gasteiger partial charge in [-0.25, -0.2) is 0 Å². The molecule has 0 saturated heterocycles. The number of hydrogen-bond acceptors (Lipinski definition) is 3. The number of amides is 1. The molecule has 18 heavy (non-hydrogen) atoms. The molecule has 98 valence electrons. The van der Waals surface area contributed by atoms with Gasteiger partial charge in [0.1, 0.15) is 0 Å². The van der Waals surface area contributed by atoms with E-state index in [1.165, 1.54) is 0 Å². The average Bonchev–Trinajstić information content (AvgIpc) is 3.19. The minimum absolute atomic E-state index is 0.0661. The van der Waals surface area contributed by atoms with Gasteiger partial charge in [-0.3, -0.25) is 9.78 Å². The molecule has 2 rings (SSSR count). The Morgan fingerprint density at radius 2 is 2.28 bits per heavy atom. The Morgan fingerprint density at radius 1 is 1.56 bits per heavy atom. The van der Waals surface area contributed by atoms with Gasteiger partial charge in [-0.15, -0.1) is 0 Å². The van der Waals surface area contributed by atoms with E-state index in [0.717, 1.165) is 18.4 Å². The molecule has 4 heteroatoms. The van der Waals surface area contributed by atoms with E-state index in [-0.39, 0.29) is 11.8 Å². The summed E-state index contributed by atoms with van der Waals surface area (Å²) in [5.41, 5.74) is 7.04. The summed E-state index contributed by atoms with van der Waals surface area (Å²) < 4.78 is 0. The third kappa shape index (κ3) is 3.07. The molecular weight excluding hydrogens is 226 g/mol. The van der Waals surface area contributed by atoms with Gasteiger partial charge in [0.2, 0.25) is 5.91 Å². The molecule has 1 aliphatic carbocycles. The predicted octanol–water partition coefficient (Wildman–Crippen LogP) is 1.56. The second-order valence-electron chi connectivity index (χ2n) is 5.33. The Hall–Kier alpha value is -1.42. The first kappa shape index (κ1) is 13.0. The molecule has 1 aliphatic rings. The smallest absolute Gasteiger partial charge is 0.240 e. The second-order valence-corrected chi connectivity index (χ2v) is 5.33. The van der Waals surface area contributed by atoms with Crippen molar-refractivity contribution >= 4 is 5.91 Å². The van der Waals surface area contributed by atoms with Gasteiger partial charge in [0.05, 0.1) is 6.04 Å². The second kappa shape index (κ2) is 5.48. The molecule has 0 unspecified atom stereocenters. The fourth-order valence-electron chi connectivity index (χ4n) is 1.94. The highest BCUT2D eigenvalue weighted by atomic mass is 16.2. The largest absolute Gasteiger partial charge is 0.334 e. The number of carbonyl (C=O) groups is 1. The van der Waals surface area contributed by atoms with Gasteiger partial charge in [-0.2, -0.15) is 0 Å². The monoisotopic (exact) mass is 247 g/mol. The summed E-state index contributed by atoms with van der Waals surface area (Å²) in [5, 5.41) is 0. The van der Waals surface area contributed by atoms with Crippen LogP contribution in [0.25, 0.3) is 0 Å². The van der Waals surface area contributed by atoms with Crippen LogP contribution in [0.5, 0.6) is 0 Å². The zero-order valence-corrected chi connectivity index (χ0v) is 11.0. The quantitative estimate of drug-likeness (QED) is 0.859. The van der Waals surface area contributed by atoms with Crippen molar-refractivity contribution in [3.05, 3.63) is 30.1 Å². The van der Waals surface area contributed by atoms with E-state index in [1.807, 2.05) is 37.1 Å². The van der Waals surface area contributed by atoms with Crippen LogP contribution in [-0.4, -0.2) is 27.9 Å². The van der Waals surface area contributed by atoms with E-state index in [9.17, 15) is 4.79 Å². The summed E-state index contributed by atoms with van der Waals surface area (Å²) >= 11 is 0. The molecule has 1 amide bonds. The maximum atomic E-state index is 12.4. The number of nitrogens with zero attached hydrogens (tertiary/aromatic N) is 2. The van der Waals surface area contributed by atoms with Crippen LogP contribution < -0.4 is 5.73 Å². The standard InChI is InChI=1S/C14H21N3O/c1-10(2)13(15)14(18)17(12-5-6-12)9-11-4-3-7-16-8-11/h3-4,7-8,10,12-13H,5-6,9,15H2,1-2H3/t13-/m1/s1. The minimum atomic E-state index is -0.401. The lowest BCUT2D eigenvalue weighted by molar-refractivity contribution is -0.134. The van der Waals surface area contributed by atoms with Crippen LogP contribution in [0.1, 0.15) is 32.3 Å². The molecule has 1 atom stereocenters. The van der Waals surface area contributed by atoms with E-state index < -0.39 is 6.04 Å². The maximum absolute atomic E-state index is 12.4. The van der Waals surface area contributed by atoms with Crippen molar-refractivity contribution in [1.29, 1.82) is 0 Å². The van der Waals surface area contributed by atoms with Crippen molar-refractivity contribution in [3.8, 4) is 0 Å². The number of rotatable bonds is 5. The fraction of sp³-hybridized carbons (Fsp3) is 0.571. The Morgan fingerprint density at radius 3 is 2.78 bits per heavy atom. The van der Waals surface area contributed by atoms with Gasteiger partial charge in [0.25, 0.3) is 0 Å². The van der Waals surface area contributed by atoms with Crippen molar-refractivity contribution in [1.82, 2.24) is 9.88 Å². The van der Waals surface area contributed by atoms with E-state index in [1.54, 1.807) is 6.20 Å². The summed E-state index contributed by atoms with van der Waals surface area (Å²) in [5.74, 6) is 0.240. The van der Waals surface area contributed by atoms with Crippen LogP contribution in [0.2, 0.25) is 0 Å². The normalized spacial score (nSPS) is 16.7. The van der Waals surface area contributed by atoms with Crippen LogP contribution in [0.15, 0.2) is 24.5 Å². The summed E-state index contributed by atoms with van der Waals surface area (Å²) in [6.07, 6.45) is 5.74. The van der Waals surface area contributed by atoms with Crippen LogP contribution >= 0.6 is 0 Å². The van der Waals surface area contributed by atoms with Gasteiger partial charge in [0.15, 0.2) is 0 Å². The highest BCUT2D eigenvalue weighted by Gasteiger charge is 2.35. The summed E-state index contributed by atoms with van der Waals surface area (Å²) in [6.45, 7) is 4.59. The van der Waals surface area contributed by atoms with E-state index in [0.29, 0.717) is 12.6 Å². The highest BCUT2D eigenvalue weighted by molar-refractivity contribution is 5.82. The van der Waals surface area contributed by atoms with Crippen molar-refractivity contribution in [2.75, 3.05) is 0 Å². The first-order valence-corrected chi connectivity index (χ1v) is 6.54. The van der Waals surface area contributed by atoms with Crippen LogP contribution in [-0.2, 0) is 11.3 Å². The third-order valence-electron chi connectivity index (χ3n) is 3.35. The van der Waals surface area contributed by atoms with Crippen LogP contribution in [0.4, 0.5) is 0 Å². The number of carbonyl (C=O) groups excluding carboxylic acids is 1. The summed E-state index contributed by atoms with van der Waals surface area (Å²) in [6, 6.07) is 3.87. The molecule has 0 bridgehead atoms. The topological polar surface area (TPSA) is 59.2 Å². The molecule has 0 spiro atoms. The Bertz CT molecular complexity index is 401. The lowest BCUT2D eigenvalue weighted by Crippen LogP contribution is -2.47. The Kier molecular flexibility index (Phi) is 3.97. The number of pyridine rings is 1. The highest BCUT2D eigenvalue weighted by Crippen LogP contribution is 2.29. The summed E-state index contributed by atoms with van der Waals surface area (Å²) in [4.78, 5) is 18.4. The molecule has 0 aliphatic heterocycles. The van der Waals surface area contributed by atoms with Crippen molar-refractivity contribution in [3.63, 3.8) is 0 Å². The lowest BCUT2D eigenvalue weighted by Gasteiger charge is -2.27. The van der Waals surface area contributed by atoms with Crippen molar-refractivity contribution in [2.45, 2.75) is 45.3 Å². The SMILES string of the molecule is CC(C)[C@@H](N)C(=O)N(Cc1cccnc1)C1CC1. The average molecular weight is 247 g/mol. The van der Waals surface area contributed by atoms with Gasteiger partial charge in [0, 0.05) is 25.0 Å². The number of hydrogen-bond donors (Lipinski definition) is 1. The molecule has 0 radical (unpaired) electrons. The molecule has 1 saturated carbocycles. The molecular formula is C14H21N3O. The zero-order valence-electron chi connectivity index (χ0n) is 11.0. The molecule has 0 aromatic carbocycles. The Balaban J connectivity index is 2.07.